The van der Waals surface area contributed by atoms with Crippen LogP contribution in [0.1, 0.15) is 45.2 Å². The van der Waals surface area contributed by atoms with Gasteiger partial charge in [-0.3, -0.25) is 4.98 Å². The van der Waals surface area contributed by atoms with Crippen molar-refractivity contribution in [3.8, 4) is 0 Å². The molecule has 0 saturated carbocycles. The highest BCUT2D eigenvalue weighted by atomic mass is 16.2. The number of rotatable bonds is 3. The Hall–Kier alpha value is -1.58. The summed E-state index contributed by atoms with van der Waals surface area (Å²) in [5.41, 5.74) is 1.15. The van der Waals surface area contributed by atoms with Gasteiger partial charge in [0.05, 0.1) is 6.04 Å². The summed E-state index contributed by atoms with van der Waals surface area (Å²) in [5.74, 6) is 0. The lowest BCUT2D eigenvalue weighted by molar-refractivity contribution is 0.138. The van der Waals surface area contributed by atoms with Crippen LogP contribution in [0.15, 0.2) is 24.5 Å². The van der Waals surface area contributed by atoms with Crippen molar-refractivity contribution in [2.75, 3.05) is 13.1 Å². The maximum Gasteiger partial charge on any atom is 0.320 e. The first-order valence-electron chi connectivity index (χ1n) is 7.12. The number of aromatic nitrogens is 1. The summed E-state index contributed by atoms with van der Waals surface area (Å²) in [7, 11) is 0. The quantitative estimate of drug-likeness (QED) is 0.838. The van der Waals surface area contributed by atoms with Crippen molar-refractivity contribution in [3.05, 3.63) is 30.1 Å². The molecule has 0 N–H and O–H groups in total. The molecule has 0 aliphatic carbocycles. The normalized spacial score (nSPS) is 18.9. The van der Waals surface area contributed by atoms with E-state index in [1.54, 1.807) is 6.20 Å². The van der Waals surface area contributed by atoms with E-state index in [2.05, 4.69) is 24.9 Å². The van der Waals surface area contributed by atoms with Gasteiger partial charge in [0.2, 0.25) is 0 Å². The third-order valence-corrected chi connectivity index (χ3v) is 3.78. The average molecular weight is 261 g/mol. The Morgan fingerprint density at radius 1 is 1.58 bits per heavy atom. The summed E-state index contributed by atoms with van der Waals surface area (Å²) in [6.45, 7) is 7.77. The molecule has 1 saturated heterocycles. The number of amides is 2. The summed E-state index contributed by atoms with van der Waals surface area (Å²) in [4.78, 5) is 20.7. The van der Waals surface area contributed by atoms with Crippen molar-refractivity contribution < 1.29 is 4.79 Å². The van der Waals surface area contributed by atoms with Gasteiger partial charge in [-0.25, -0.2) is 4.79 Å². The molecular weight excluding hydrogens is 238 g/mol. The predicted molar refractivity (Wildman–Crippen MR) is 75.8 cm³/mol. The molecule has 1 atom stereocenters. The number of carbonyl (C=O) groups excluding carboxylic acids is 1. The second-order valence-electron chi connectivity index (χ2n) is 5.30. The fraction of sp³-hybridized carbons (Fsp3) is 0.600. The van der Waals surface area contributed by atoms with Gasteiger partial charge in [0.25, 0.3) is 0 Å². The molecular formula is C15H23N3O. The summed E-state index contributed by atoms with van der Waals surface area (Å²) < 4.78 is 0. The van der Waals surface area contributed by atoms with Crippen molar-refractivity contribution in [2.24, 2.45) is 0 Å². The SMILES string of the molecule is CCN(C(=O)N1CCCC1c1cccnc1)C(C)C. The molecule has 1 aliphatic heterocycles. The van der Waals surface area contributed by atoms with Crippen LogP contribution in [0, 0.1) is 0 Å². The Labute approximate surface area is 115 Å². The molecule has 1 aliphatic rings. The van der Waals surface area contributed by atoms with Gasteiger partial charge in [-0.1, -0.05) is 6.07 Å². The van der Waals surface area contributed by atoms with Crippen LogP contribution in [0.4, 0.5) is 4.79 Å². The smallest absolute Gasteiger partial charge is 0.320 e. The van der Waals surface area contributed by atoms with Crippen molar-refractivity contribution >= 4 is 6.03 Å². The molecule has 104 valence electrons. The van der Waals surface area contributed by atoms with Crippen LogP contribution in [-0.2, 0) is 0 Å². The molecule has 4 nitrogen and oxygen atoms in total. The Balaban J connectivity index is 2.17. The van der Waals surface area contributed by atoms with Gasteiger partial charge < -0.3 is 9.80 Å². The lowest BCUT2D eigenvalue weighted by Crippen LogP contribution is -2.46. The number of hydrogen-bond acceptors (Lipinski definition) is 2. The minimum absolute atomic E-state index is 0.156. The third kappa shape index (κ3) is 2.88. The van der Waals surface area contributed by atoms with E-state index in [9.17, 15) is 4.79 Å². The van der Waals surface area contributed by atoms with Gasteiger partial charge >= 0.3 is 6.03 Å². The fourth-order valence-electron chi connectivity index (χ4n) is 2.80. The maximum atomic E-state index is 12.6. The van der Waals surface area contributed by atoms with Gasteiger partial charge in [0, 0.05) is 31.5 Å². The first-order valence-corrected chi connectivity index (χ1v) is 7.12. The second-order valence-corrected chi connectivity index (χ2v) is 5.30. The Kier molecular flexibility index (Phi) is 4.40. The number of likely N-dealkylation sites (tertiary alicyclic amines) is 1. The first kappa shape index (κ1) is 13.8. The molecule has 0 radical (unpaired) electrons. The molecule has 1 aromatic heterocycles. The number of nitrogens with zero attached hydrogens (tertiary/aromatic N) is 3. The highest BCUT2D eigenvalue weighted by Gasteiger charge is 2.33. The van der Waals surface area contributed by atoms with E-state index in [1.165, 1.54) is 0 Å². The van der Waals surface area contributed by atoms with Crippen molar-refractivity contribution in [2.45, 2.75) is 45.7 Å². The Morgan fingerprint density at radius 3 is 2.95 bits per heavy atom. The number of pyridine rings is 1. The third-order valence-electron chi connectivity index (χ3n) is 3.78. The van der Waals surface area contributed by atoms with Gasteiger partial charge in [0.15, 0.2) is 0 Å². The monoisotopic (exact) mass is 261 g/mol. The summed E-state index contributed by atoms with van der Waals surface area (Å²) in [6, 6.07) is 4.59. The van der Waals surface area contributed by atoms with E-state index in [4.69, 9.17) is 0 Å². The zero-order chi connectivity index (χ0) is 13.8. The Morgan fingerprint density at radius 2 is 2.37 bits per heavy atom. The minimum atomic E-state index is 0.156. The molecule has 1 aromatic rings. The largest absolute Gasteiger partial charge is 0.322 e. The van der Waals surface area contributed by atoms with Gasteiger partial charge in [0.1, 0.15) is 0 Å². The van der Waals surface area contributed by atoms with Crippen LogP contribution >= 0.6 is 0 Å². The van der Waals surface area contributed by atoms with Crippen molar-refractivity contribution in [3.63, 3.8) is 0 Å². The van der Waals surface area contributed by atoms with E-state index in [0.29, 0.717) is 0 Å². The van der Waals surface area contributed by atoms with Crippen LogP contribution in [0.3, 0.4) is 0 Å². The lowest BCUT2D eigenvalue weighted by Gasteiger charge is -2.33. The highest BCUT2D eigenvalue weighted by molar-refractivity contribution is 5.75. The van der Waals surface area contributed by atoms with Gasteiger partial charge in [-0.05, 0) is 45.2 Å². The molecule has 1 fully saturated rings. The molecule has 19 heavy (non-hydrogen) atoms. The molecule has 0 aromatic carbocycles. The number of carbonyl (C=O) groups is 1. The fourth-order valence-corrected chi connectivity index (χ4v) is 2.80. The van der Waals surface area contributed by atoms with Crippen LogP contribution in [0.25, 0.3) is 0 Å². The topological polar surface area (TPSA) is 36.4 Å². The molecule has 0 bridgehead atoms. The highest BCUT2D eigenvalue weighted by Crippen LogP contribution is 2.32. The maximum absolute atomic E-state index is 12.6. The number of hydrogen-bond donors (Lipinski definition) is 0. The van der Waals surface area contributed by atoms with E-state index < -0.39 is 0 Å². The van der Waals surface area contributed by atoms with Crippen molar-refractivity contribution in [1.29, 1.82) is 0 Å². The van der Waals surface area contributed by atoms with E-state index >= 15 is 0 Å². The van der Waals surface area contributed by atoms with Crippen molar-refractivity contribution in [1.82, 2.24) is 14.8 Å². The lowest BCUT2D eigenvalue weighted by atomic mass is 10.1. The zero-order valence-electron chi connectivity index (χ0n) is 12.0. The van der Waals surface area contributed by atoms with E-state index in [-0.39, 0.29) is 18.1 Å². The van der Waals surface area contributed by atoms with Gasteiger partial charge in [-0.15, -0.1) is 0 Å². The summed E-state index contributed by atoms with van der Waals surface area (Å²) in [6.07, 6.45) is 5.76. The van der Waals surface area contributed by atoms with Crippen LogP contribution in [0.5, 0.6) is 0 Å². The molecule has 2 heterocycles. The summed E-state index contributed by atoms with van der Waals surface area (Å²) in [5, 5.41) is 0. The summed E-state index contributed by atoms with van der Waals surface area (Å²) >= 11 is 0. The second kappa shape index (κ2) is 6.04. The van der Waals surface area contributed by atoms with Crippen LogP contribution < -0.4 is 0 Å². The molecule has 2 rings (SSSR count). The first-order chi connectivity index (χ1) is 9.15. The molecule has 1 unspecified atom stereocenters. The van der Waals surface area contributed by atoms with Crippen LogP contribution in [-0.4, -0.2) is 39.9 Å². The van der Waals surface area contributed by atoms with Crippen LogP contribution in [0.2, 0.25) is 0 Å². The minimum Gasteiger partial charge on any atom is -0.322 e. The standard InChI is InChI=1S/C15H23N3O/c1-4-17(12(2)3)15(19)18-10-6-8-14(18)13-7-5-9-16-11-13/h5,7,9,11-12,14H,4,6,8,10H2,1-3H3. The van der Waals surface area contributed by atoms with Gasteiger partial charge in [-0.2, -0.15) is 0 Å². The molecule has 0 spiro atoms. The predicted octanol–water partition coefficient (Wildman–Crippen LogP) is 3.07. The van der Waals surface area contributed by atoms with E-state index in [1.807, 2.05) is 29.0 Å². The molecule has 2 amide bonds. The average Bonchev–Trinajstić information content (AvgIpc) is 2.89. The zero-order valence-corrected chi connectivity index (χ0v) is 12.0. The number of urea groups is 1. The Bertz CT molecular complexity index is 419. The van der Waals surface area contributed by atoms with E-state index in [0.717, 1.165) is 31.5 Å². The molecule has 4 heteroatoms.